The van der Waals surface area contributed by atoms with Gasteiger partial charge in [0.25, 0.3) is 5.91 Å². The van der Waals surface area contributed by atoms with E-state index in [1.807, 2.05) is 4.90 Å². The lowest BCUT2D eigenvalue weighted by Crippen LogP contribution is -2.32. The average Bonchev–Trinajstić information content (AvgIpc) is 3.52. The normalized spacial score (nSPS) is 22.5. The fraction of sp³-hybridized carbons (Fsp3) is 0.591. The van der Waals surface area contributed by atoms with Crippen molar-refractivity contribution in [1.82, 2.24) is 24.0 Å². The quantitative estimate of drug-likeness (QED) is 0.725. The Morgan fingerprint density at radius 1 is 0.935 bits per heavy atom. The van der Waals surface area contributed by atoms with E-state index in [0.29, 0.717) is 25.2 Å². The van der Waals surface area contributed by atoms with Crippen LogP contribution in [0.25, 0.3) is 0 Å². The molecule has 1 atom stereocenters. The number of likely N-dealkylation sites (tertiary alicyclic amines) is 1. The number of carbonyl (C=O) groups is 1. The molecular weight excluding hydrogens is 414 g/mol. The van der Waals surface area contributed by atoms with Crippen LogP contribution in [0.3, 0.4) is 0 Å². The van der Waals surface area contributed by atoms with Crippen molar-refractivity contribution in [2.75, 3.05) is 19.6 Å². The summed E-state index contributed by atoms with van der Waals surface area (Å²) in [6.45, 7) is 2.65. The molecule has 1 aromatic carbocycles. The number of rotatable bonds is 4. The highest BCUT2D eigenvalue weighted by Crippen LogP contribution is 2.34. The molecule has 9 heteroatoms. The van der Waals surface area contributed by atoms with Gasteiger partial charge in [0.2, 0.25) is 10.0 Å². The molecule has 2 fully saturated rings. The fourth-order valence-electron chi connectivity index (χ4n) is 5.07. The van der Waals surface area contributed by atoms with E-state index >= 15 is 0 Å². The number of hydrogen-bond acceptors (Lipinski definition) is 5. The Kier molecular flexibility index (Phi) is 5.56. The molecule has 2 aromatic rings. The van der Waals surface area contributed by atoms with Crippen LogP contribution >= 0.6 is 0 Å². The SMILES string of the molecule is O=C(c1cccc(S(=O)(=O)N2CCCC2)c1)N1CCCC1c1nnc2n1CCCCC2. The Bertz CT molecular complexity index is 1070. The first-order valence-corrected chi connectivity index (χ1v) is 12.8. The zero-order valence-electron chi connectivity index (χ0n) is 17.7. The summed E-state index contributed by atoms with van der Waals surface area (Å²) in [4.78, 5) is 15.5. The number of aryl methyl sites for hydroxylation is 1. The molecule has 8 nitrogen and oxygen atoms in total. The fourth-order valence-corrected chi connectivity index (χ4v) is 6.63. The van der Waals surface area contributed by atoms with E-state index < -0.39 is 10.0 Å². The van der Waals surface area contributed by atoms with Crippen LogP contribution in [0.1, 0.15) is 73.0 Å². The summed E-state index contributed by atoms with van der Waals surface area (Å²) < 4.78 is 29.6. The first-order valence-electron chi connectivity index (χ1n) is 11.4. The van der Waals surface area contributed by atoms with Crippen molar-refractivity contribution in [2.24, 2.45) is 0 Å². The molecule has 3 aliphatic rings. The maximum Gasteiger partial charge on any atom is 0.254 e. The van der Waals surface area contributed by atoms with Crippen LogP contribution in [0.2, 0.25) is 0 Å². The molecule has 1 aromatic heterocycles. The molecule has 0 aliphatic carbocycles. The number of aromatic nitrogens is 3. The van der Waals surface area contributed by atoms with Crippen LogP contribution < -0.4 is 0 Å². The van der Waals surface area contributed by atoms with Gasteiger partial charge in [0, 0.05) is 38.2 Å². The molecule has 0 bridgehead atoms. The molecule has 0 spiro atoms. The molecule has 0 radical (unpaired) electrons. The van der Waals surface area contributed by atoms with Gasteiger partial charge in [-0.3, -0.25) is 4.79 Å². The van der Waals surface area contributed by atoms with Crippen LogP contribution in [-0.2, 0) is 23.0 Å². The van der Waals surface area contributed by atoms with Crippen molar-refractivity contribution in [3.05, 3.63) is 41.5 Å². The second kappa shape index (κ2) is 8.35. The molecular formula is C22H29N5O3S. The summed E-state index contributed by atoms with van der Waals surface area (Å²) >= 11 is 0. The van der Waals surface area contributed by atoms with Crippen molar-refractivity contribution < 1.29 is 13.2 Å². The molecule has 5 rings (SSSR count). The summed E-state index contributed by atoms with van der Waals surface area (Å²) in [6.07, 6.45) is 7.89. The van der Waals surface area contributed by atoms with Crippen molar-refractivity contribution in [3.8, 4) is 0 Å². The van der Waals surface area contributed by atoms with E-state index in [4.69, 9.17) is 0 Å². The molecule has 3 aliphatic heterocycles. The van der Waals surface area contributed by atoms with Gasteiger partial charge in [0.05, 0.1) is 10.9 Å². The van der Waals surface area contributed by atoms with Crippen LogP contribution in [-0.4, -0.2) is 57.9 Å². The molecule has 0 N–H and O–H groups in total. The van der Waals surface area contributed by atoms with E-state index in [1.54, 1.807) is 18.2 Å². The van der Waals surface area contributed by atoms with Gasteiger partial charge in [-0.15, -0.1) is 10.2 Å². The minimum atomic E-state index is -3.55. The smallest absolute Gasteiger partial charge is 0.254 e. The van der Waals surface area contributed by atoms with Crippen molar-refractivity contribution in [3.63, 3.8) is 0 Å². The lowest BCUT2D eigenvalue weighted by Gasteiger charge is -2.25. The topological polar surface area (TPSA) is 88.4 Å². The van der Waals surface area contributed by atoms with Crippen molar-refractivity contribution in [1.29, 1.82) is 0 Å². The van der Waals surface area contributed by atoms with E-state index in [0.717, 1.165) is 63.1 Å². The summed E-state index contributed by atoms with van der Waals surface area (Å²) in [5.41, 5.74) is 0.419. The standard InChI is InChI=1S/C22H29N5O3S/c28-22(17-8-6-9-18(16-17)31(29,30)25-12-4-5-13-25)26-15-7-10-19(26)21-24-23-20-11-2-1-3-14-27(20)21/h6,8-9,16,19H,1-5,7,10-15H2. The summed E-state index contributed by atoms with van der Waals surface area (Å²) in [5.74, 6) is 1.76. The molecule has 1 amide bonds. The third-order valence-electron chi connectivity index (χ3n) is 6.73. The lowest BCUT2D eigenvalue weighted by molar-refractivity contribution is 0.0726. The minimum Gasteiger partial charge on any atom is -0.328 e. The van der Waals surface area contributed by atoms with Gasteiger partial charge in [0.15, 0.2) is 5.82 Å². The monoisotopic (exact) mass is 443 g/mol. The highest BCUT2D eigenvalue weighted by Gasteiger charge is 2.35. The highest BCUT2D eigenvalue weighted by molar-refractivity contribution is 7.89. The predicted octanol–water partition coefficient (Wildman–Crippen LogP) is 2.77. The largest absolute Gasteiger partial charge is 0.328 e. The first-order chi connectivity index (χ1) is 15.1. The highest BCUT2D eigenvalue weighted by atomic mass is 32.2. The summed E-state index contributed by atoms with van der Waals surface area (Å²) in [6, 6.07) is 6.40. The molecule has 2 saturated heterocycles. The number of hydrogen-bond donors (Lipinski definition) is 0. The number of amides is 1. The third kappa shape index (κ3) is 3.78. The van der Waals surface area contributed by atoms with E-state index in [-0.39, 0.29) is 16.8 Å². The minimum absolute atomic E-state index is 0.106. The van der Waals surface area contributed by atoms with E-state index in [2.05, 4.69) is 14.8 Å². The van der Waals surface area contributed by atoms with Gasteiger partial charge in [0.1, 0.15) is 5.82 Å². The Morgan fingerprint density at radius 2 is 1.74 bits per heavy atom. The average molecular weight is 444 g/mol. The molecule has 1 unspecified atom stereocenters. The number of sulfonamides is 1. The van der Waals surface area contributed by atoms with Crippen LogP contribution in [0.15, 0.2) is 29.2 Å². The second-order valence-electron chi connectivity index (χ2n) is 8.73. The zero-order chi connectivity index (χ0) is 21.4. The molecule has 0 saturated carbocycles. The maximum atomic E-state index is 13.4. The number of nitrogens with zero attached hydrogens (tertiary/aromatic N) is 5. The second-order valence-corrected chi connectivity index (χ2v) is 10.7. The zero-order valence-corrected chi connectivity index (χ0v) is 18.6. The summed E-state index contributed by atoms with van der Waals surface area (Å²) in [5, 5.41) is 8.88. The van der Waals surface area contributed by atoms with Gasteiger partial charge in [-0.2, -0.15) is 4.31 Å². The van der Waals surface area contributed by atoms with Crippen LogP contribution in [0.4, 0.5) is 0 Å². The predicted molar refractivity (Wildman–Crippen MR) is 115 cm³/mol. The third-order valence-corrected chi connectivity index (χ3v) is 8.63. The van der Waals surface area contributed by atoms with Crippen LogP contribution in [0.5, 0.6) is 0 Å². The lowest BCUT2D eigenvalue weighted by atomic mass is 10.1. The summed E-state index contributed by atoms with van der Waals surface area (Å²) in [7, 11) is -3.55. The van der Waals surface area contributed by atoms with E-state index in [9.17, 15) is 13.2 Å². The van der Waals surface area contributed by atoms with Crippen molar-refractivity contribution in [2.45, 2.75) is 68.8 Å². The number of fused-ring (bicyclic) bond motifs is 1. The first kappa shape index (κ1) is 20.6. The van der Waals surface area contributed by atoms with Gasteiger partial charge in [-0.1, -0.05) is 12.5 Å². The molecule has 31 heavy (non-hydrogen) atoms. The van der Waals surface area contributed by atoms with Gasteiger partial charge in [-0.25, -0.2) is 8.42 Å². The Hall–Kier alpha value is -2.26. The van der Waals surface area contributed by atoms with Crippen LogP contribution in [0, 0.1) is 0 Å². The molecule has 4 heterocycles. The Balaban J connectivity index is 1.42. The van der Waals surface area contributed by atoms with Gasteiger partial charge < -0.3 is 9.47 Å². The number of benzene rings is 1. The van der Waals surface area contributed by atoms with Gasteiger partial charge >= 0.3 is 0 Å². The molecule has 166 valence electrons. The van der Waals surface area contributed by atoms with Gasteiger partial charge in [-0.05, 0) is 56.7 Å². The number of carbonyl (C=O) groups excluding carboxylic acids is 1. The maximum absolute atomic E-state index is 13.4. The Labute approximate surface area is 183 Å². The van der Waals surface area contributed by atoms with Crippen molar-refractivity contribution >= 4 is 15.9 Å². The van der Waals surface area contributed by atoms with E-state index in [1.165, 1.54) is 16.8 Å². The Morgan fingerprint density at radius 3 is 2.58 bits per heavy atom.